The Morgan fingerprint density at radius 2 is 1.87 bits per heavy atom. The number of carbonyl (C=O) groups is 1. The molecule has 1 aliphatic heterocycles. The third kappa shape index (κ3) is 2.51. The number of phenols is 1. The van der Waals surface area contributed by atoms with Crippen LogP contribution in [0, 0.1) is 5.92 Å². The lowest BCUT2D eigenvalue weighted by Gasteiger charge is -2.58. The van der Waals surface area contributed by atoms with E-state index in [1.807, 2.05) is 12.1 Å². The monoisotopic (exact) mass is 397 g/mol. The first-order valence-electron chi connectivity index (χ1n) is 11.3. The standard InChI is InChI=1S/C27H27NO2/c29-20-11-12-22-24(16-20)27-13-4-3-10-23(27)25(26(22)30)28(15-14-27)17-19-8-5-7-18-6-1-2-9-21(18)19/h1-2,5-9,11-12,16,23,25,29H,3-4,10,13-15,17H2/t23-,25+,27-/m0/s1. The number of fused-ring (bicyclic) bond motifs is 2. The number of piperidine rings is 1. The maximum Gasteiger partial charge on any atom is 0.180 e. The van der Waals surface area contributed by atoms with Crippen LogP contribution in [0.2, 0.25) is 0 Å². The molecule has 3 aromatic rings. The number of Topliss-reactive ketones (excluding diaryl/α,β-unsaturated/α-hetero) is 1. The minimum absolute atomic E-state index is 0.0462. The first-order chi connectivity index (χ1) is 14.7. The van der Waals surface area contributed by atoms with Crippen LogP contribution in [0.5, 0.6) is 5.75 Å². The molecule has 0 unspecified atom stereocenters. The molecule has 2 fully saturated rings. The lowest BCUT2D eigenvalue weighted by Crippen LogP contribution is -2.63. The summed E-state index contributed by atoms with van der Waals surface area (Å²) in [7, 11) is 0. The van der Waals surface area contributed by atoms with Crippen LogP contribution in [0.3, 0.4) is 0 Å². The predicted molar refractivity (Wildman–Crippen MR) is 119 cm³/mol. The molecule has 0 amide bonds. The summed E-state index contributed by atoms with van der Waals surface area (Å²) in [6.45, 7) is 1.75. The minimum Gasteiger partial charge on any atom is -0.508 e. The topological polar surface area (TPSA) is 40.5 Å². The Balaban J connectivity index is 1.44. The zero-order valence-corrected chi connectivity index (χ0v) is 17.2. The molecule has 0 radical (unpaired) electrons. The van der Waals surface area contributed by atoms with E-state index in [1.54, 1.807) is 6.07 Å². The Hall–Kier alpha value is -2.65. The van der Waals surface area contributed by atoms with Crippen LogP contribution >= 0.6 is 0 Å². The van der Waals surface area contributed by atoms with Crippen molar-refractivity contribution in [3.05, 3.63) is 77.4 Å². The summed E-state index contributed by atoms with van der Waals surface area (Å²) in [6.07, 6.45) is 5.74. The van der Waals surface area contributed by atoms with Crippen molar-refractivity contribution in [2.45, 2.75) is 50.1 Å². The third-order valence-electron chi connectivity index (χ3n) is 8.04. The summed E-state index contributed by atoms with van der Waals surface area (Å²) >= 11 is 0. The second-order valence-corrected chi connectivity index (χ2v) is 9.41. The van der Waals surface area contributed by atoms with Gasteiger partial charge in [0.2, 0.25) is 0 Å². The summed E-state index contributed by atoms with van der Waals surface area (Å²) < 4.78 is 0. The molecular weight excluding hydrogens is 370 g/mol. The summed E-state index contributed by atoms with van der Waals surface area (Å²) in [5.41, 5.74) is 3.33. The van der Waals surface area contributed by atoms with Gasteiger partial charge in [-0.05, 0) is 65.3 Å². The average Bonchev–Trinajstić information content (AvgIpc) is 2.78. The molecule has 3 atom stereocenters. The van der Waals surface area contributed by atoms with Crippen LogP contribution < -0.4 is 0 Å². The number of hydrogen-bond donors (Lipinski definition) is 1. The van der Waals surface area contributed by atoms with Crippen molar-refractivity contribution in [2.75, 3.05) is 6.54 Å². The molecular formula is C27H27NO2. The molecule has 6 rings (SSSR count). The van der Waals surface area contributed by atoms with Crippen molar-refractivity contribution in [1.82, 2.24) is 4.90 Å². The van der Waals surface area contributed by atoms with E-state index in [9.17, 15) is 9.90 Å². The zero-order valence-electron chi connectivity index (χ0n) is 17.2. The predicted octanol–water partition coefficient (Wildman–Crippen LogP) is 5.44. The van der Waals surface area contributed by atoms with Gasteiger partial charge in [0.25, 0.3) is 0 Å². The molecule has 2 bridgehead atoms. The van der Waals surface area contributed by atoms with Gasteiger partial charge in [-0.15, -0.1) is 0 Å². The number of likely N-dealkylation sites (tertiary alicyclic amines) is 1. The molecule has 3 aliphatic rings. The highest BCUT2D eigenvalue weighted by Crippen LogP contribution is 2.56. The molecule has 0 aromatic heterocycles. The molecule has 0 spiro atoms. The largest absolute Gasteiger partial charge is 0.508 e. The van der Waals surface area contributed by atoms with E-state index < -0.39 is 0 Å². The van der Waals surface area contributed by atoms with Crippen LogP contribution in [0.1, 0.15) is 53.6 Å². The van der Waals surface area contributed by atoms with Crippen LogP contribution in [0.15, 0.2) is 60.7 Å². The quantitative estimate of drug-likeness (QED) is 0.626. The molecule has 3 aromatic carbocycles. The van der Waals surface area contributed by atoms with E-state index in [4.69, 9.17) is 0 Å². The number of aromatic hydroxyl groups is 1. The summed E-state index contributed by atoms with van der Waals surface area (Å²) in [5, 5.41) is 12.7. The second-order valence-electron chi connectivity index (χ2n) is 9.41. The molecule has 2 aliphatic carbocycles. The van der Waals surface area contributed by atoms with Gasteiger partial charge in [0, 0.05) is 24.1 Å². The van der Waals surface area contributed by atoms with E-state index in [2.05, 4.69) is 47.4 Å². The number of benzene rings is 3. The first-order valence-corrected chi connectivity index (χ1v) is 11.3. The maximum atomic E-state index is 13.7. The highest BCUT2D eigenvalue weighted by atomic mass is 16.3. The summed E-state index contributed by atoms with van der Waals surface area (Å²) in [5.74, 6) is 0.904. The Morgan fingerprint density at radius 3 is 2.80 bits per heavy atom. The molecule has 3 heteroatoms. The lowest BCUT2D eigenvalue weighted by molar-refractivity contribution is -0.00601. The van der Waals surface area contributed by atoms with Gasteiger partial charge in [0.05, 0.1) is 6.04 Å². The Morgan fingerprint density at radius 1 is 1.00 bits per heavy atom. The van der Waals surface area contributed by atoms with E-state index in [1.165, 1.54) is 29.2 Å². The lowest BCUT2D eigenvalue weighted by atomic mass is 9.52. The van der Waals surface area contributed by atoms with Crippen LogP contribution in [-0.2, 0) is 12.0 Å². The molecule has 1 heterocycles. The Bertz CT molecular complexity index is 1150. The second kappa shape index (κ2) is 6.68. The van der Waals surface area contributed by atoms with E-state index >= 15 is 0 Å². The van der Waals surface area contributed by atoms with Gasteiger partial charge < -0.3 is 5.11 Å². The number of carbonyl (C=O) groups excluding carboxylic acids is 1. The van der Waals surface area contributed by atoms with E-state index in [-0.39, 0.29) is 23.0 Å². The first kappa shape index (κ1) is 18.1. The molecule has 1 saturated carbocycles. The normalized spacial score (nSPS) is 28.2. The van der Waals surface area contributed by atoms with Crippen molar-refractivity contribution < 1.29 is 9.90 Å². The van der Waals surface area contributed by atoms with Crippen molar-refractivity contribution in [2.24, 2.45) is 5.92 Å². The summed E-state index contributed by atoms with van der Waals surface area (Å²) in [4.78, 5) is 16.2. The highest BCUT2D eigenvalue weighted by Gasteiger charge is 2.57. The van der Waals surface area contributed by atoms with Gasteiger partial charge in [0.15, 0.2) is 5.78 Å². The zero-order chi connectivity index (χ0) is 20.3. The number of ketones is 1. The maximum absolute atomic E-state index is 13.7. The molecule has 152 valence electrons. The molecule has 1 N–H and O–H groups in total. The SMILES string of the molecule is O=C1c2ccc(O)cc2[C@]23CCCC[C@H]2[C@H]1N(Cc1cccc2ccccc12)CC3. The minimum atomic E-state index is -0.0462. The van der Waals surface area contributed by atoms with Crippen LogP contribution in [0.25, 0.3) is 10.8 Å². The third-order valence-corrected chi connectivity index (χ3v) is 8.04. The molecule has 3 nitrogen and oxygen atoms in total. The fourth-order valence-electron chi connectivity index (χ4n) is 6.74. The highest BCUT2D eigenvalue weighted by molar-refractivity contribution is 6.04. The molecule has 30 heavy (non-hydrogen) atoms. The fraction of sp³-hybridized carbons (Fsp3) is 0.370. The fourth-order valence-corrected chi connectivity index (χ4v) is 6.74. The van der Waals surface area contributed by atoms with Gasteiger partial charge in [-0.3, -0.25) is 9.69 Å². The van der Waals surface area contributed by atoms with E-state index in [0.29, 0.717) is 5.92 Å². The van der Waals surface area contributed by atoms with Gasteiger partial charge in [-0.2, -0.15) is 0 Å². The Kier molecular flexibility index (Phi) is 4.04. The number of hydrogen-bond acceptors (Lipinski definition) is 3. The Labute approximate surface area is 177 Å². The van der Waals surface area contributed by atoms with Crippen molar-refractivity contribution in [3.63, 3.8) is 0 Å². The molecule has 1 saturated heterocycles. The van der Waals surface area contributed by atoms with Crippen molar-refractivity contribution in [3.8, 4) is 5.75 Å². The van der Waals surface area contributed by atoms with Crippen molar-refractivity contribution in [1.29, 1.82) is 0 Å². The number of phenolic OH excluding ortho intramolecular Hbond substituents is 1. The summed E-state index contributed by atoms with van der Waals surface area (Å²) in [6, 6.07) is 20.4. The van der Waals surface area contributed by atoms with Gasteiger partial charge >= 0.3 is 0 Å². The van der Waals surface area contributed by atoms with Crippen LogP contribution in [0.4, 0.5) is 0 Å². The van der Waals surface area contributed by atoms with Gasteiger partial charge in [0.1, 0.15) is 5.75 Å². The number of nitrogens with zero attached hydrogens (tertiary/aromatic N) is 1. The van der Waals surface area contributed by atoms with Crippen molar-refractivity contribution >= 4 is 16.6 Å². The average molecular weight is 398 g/mol. The van der Waals surface area contributed by atoms with E-state index in [0.717, 1.165) is 43.5 Å². The smallest absolute Gasteiger partial charge is 0.180 e. The van der Waals surface area contributed by atoms with Gasteiger partial charge in [-0.1, -0.05) is 55.3 Å². The van der Waals surface area contributed by atoms with Gasteiger partial charge in [-0.25, -0.2) is 0 Å². The van der Waals surface area contributed by atoms with Crippen LogP contribution in [-0.4, -0.2) is 28.4 Å². The number of rotatable bonds is 2.